The van der Waals surface area contributed by atoms with E-state index in [1.54, 1.807) is 11.9 Å². The van der Waals surface area contributed by atoms with Crippen LogP contribution in [0.3, 0.4) is 0 Å². The summed E-state index contributed by atoms with van der Waals surface area (Å²) in [7, 11) is 1.71. The van der Waals surface area contributed by atoms with Crippen molar-refractivity contribution in [2.75, 3.05) is 25.0 Å². The average molecular weight is 350 g/mol. The molecule has 4 rings (SSSR count). The fourth-order valence-electron chi connectivity index (χ4n) is 3.79. The van der Waals surface area contributed by atoms with Crippen LogP contribution in [0.5, 0.6) is 0 Å². The van der Waals surface area contributed by atoms with Crippen LogP contribution in [0.1, 0.15) is 12.0 Å². The summed E-state index contributed by atoms with van der Waals surface area (Å²) >= 11 is 6.29. The number of hydrogen-bond donors (Lipinski definition) is 2. The first kappa shape index (κ1) is 15.7. The van der Waals surface area contributed by atoms with E-state index < -0.39 is 0 Å². The fourth-order valence-corrected chi connectivity index (χ4v) is 3.97. The Morgan fingerprint density at radius 1 is 1.25 bits per heavy atom. The van der Waals surface area contributed by atoms with Gasteiger partial charge in [-0.05, 0) is 31.0 Å². The summed E-state index contributed by atoms with van der Waals surface area (Å²) in [6.07, 6.45) is 0.488. The molecule has 2 N–H and O–H groups in total. The third-order valence-electron chi connectivity index (χ3n) is 5.12. The minimum Gasteiger partial charge on any atom is -0.343 e. The molecular formula is C16H20ClN5O2. The van der Waals surface area contributed by atoms with E-state index in [1.807, 2.05) is 25.1 Å². The molecule has 1 aromatic rings. The molecule has 8 heteroatoms. The first-order chi connectivity index (χ1) is 11.5. The van der Waals surface area contributed by atoms with Gasteiger partial charge in [0.15, 0.2) is 0 Å². The van der Waals surface area contributed by atoms with E-state index in [9.17, 15) is 9.59 Å². The predicted octanol–water partition coefficient (Wildman–Crippen LogP) is 0.924. The number of nitrogens with one attached hydrogen (secondary N) is 2. The number of hydrogen-bond acceptors (Lipinski definition) is 5. The SMILES string of the molecule is Cc1ccc(N2CCCN3C4C(=O)NC(=O)N(C)C4NC23)cc1Cl. The summed E-state index contributed by atoms with van der Waals surface area (Å²) in [5, 5.41) is 6.60. The third-order valence-corrected chi connectivity index (χ3v) is 5.53. The van der Waals surface area contributed by atoms with Crippen LogP contribution in [-0.4, -0.2) is 60.4 Å². The van der Waals surface area contributed by atoms with Crippen molar-refractivity contribution >= 4 is 29.2 Å². The maximum atomic E-state index is 12.3. The van der Waals surface area contributed by atoms with Crippen molar-refractivity contribution in [3.05, 3.63) is 28.8 Å². The Kier molecular flexibility index (Phi) is 3.67. The highest BCUT2D eigenvalue weighted by atomic mass is 35.5. The molecule has 3 amide bonds. The van der Waals surface area contributed by atoms with E-state index >= 15 is 0 Å². The van der Waals surface area contributed by atoms with Gasteiger partial charge in [-0.3, -0.25) is 20.3 Å². The Balaban J connectivity index is 1.67. The third kappa shape index (κ3) is 2.27. The normalized spacial score (nSPS) is 30.2. The van der Waals surface area contributed by atoms with Crippen LogP contribution in [0.15, 0.2) is 18.2 Å². The minimum atomic E-state index is -0.374. The summed E-state index contributed by atoms with van der Waals surface area (Å²) in [5.41, 5.74) is 2.05. The molecule has 3 aliphatic rings. The lowest BCUT2D eigenvalue weighted by Crippen LogP contribution is -2.65. The molecule has 128 valence electrons. The fraction of sp³-hybridized carbons (Fsp3) is 0.500. The van der Waals surface area contributed by atoms with E-state index in [0.29, 0.717) is 0 Å². The molecule has 3 unspecified atom stereocenters. The second kappa shape index (κ2) is 5.61. The van der Waals surface area contributed by atoms with Gasteiger partial charge in [0.05, 0.1) is 0 Å². The monoisotopic (exact) mass is 349 g/mol. The van der Waals surface area contributed by atoms with Crippen LogP contribution in [0.4, 0.5) is 10.5 Å². The van der Waals surface area contributed by atoms with Crippen LogP contribution < -0.4 is 15.5 Å². The first-order valence-electron chi connectivity index (χ1n) is 8.09. The van der Waals surface area contributed by atoms with Gasteiger partial charge in [0.2, 0.25) is 5.91 Å². The molecule has 0 radical (unpaired) electrons. The van der Waals surface area contributed by atoms with Crippen LogP contribution >= 0.6 is 11.6 Å². The van der Waals surface area contributed by atoms with Crippen molar-refractivity contribution in [3.63, 3.8) is 0 Å². The molecule has 3 aliphatic heterocycles. The lowest BCUT2D eigenvalue weighted by atomic mass is 10.1. The molecule has 3 fully saturated rings. The summed E-state index contributed by atoms with van der Waals surface area (Å²) in [6, 6.07) is 5.27. The minimum absolute atomic E-state index is 0.133. The maximum absolute atomic E-state index is 12.3. The van der Waals surface area contributed by atoms with Gasteiger partial charge in [-0.1, -0.05) is 17.7 Å². The van der Waals surface area contributed by atoms with E-state index in [2.05, 4.69) is 20.4 Å². The quantitative estimate of drug-likeness (QED) is 0.789. The predicted molar refractivity (Wildman–Crippen MR) is 90.7 cm³/mol. The zero-order valence-corrected chi connectivity index (χ0v) is 14.4. The topological polar surface area (TPSA) is 67.9 Å². The molecule has 3 atom stereocenters. The second-order valence-electron chi connectivity index (χ2n) is 6.55. The molecular weight excluding hydrogens is 330 g/mol. The Morgan fingerprint density at radius 3 is 2.79 bits per heavy atom. The lowest BCUT2D eigenvalue weighted by Gasteiger charge is -2.42. The highest BCUT2D eigenvalue weighted by Gasteiger charge is 2.53. The van der Waals surface area contributed by atoms with Crippen LogP contribution in [0.25, 0.3) is 0 Å². The zero-order valence-electron chi connectivity index (χ0n) is 13.6. The largest absolute Gasteiger partial charge is 0.343 e. The number of urea groups is 1. The molecule has 0 aliphatic carbocycles. The van der Waals surface area contributed by atoms with Gasteiger partial charge in [-0.25, -0.2) is 4.79 Å². The highest BCUT2D eigenvalue weighted by molar-refractivity contribution is 6.31. The van der Waals surface area contributed by atoms with E-state index in [0.717, 1.165) is 35.8 Å². The summed E-state index contributed by atoms with van der Waals surface area (Å²) in [6.45, 7) is 3.65. The molecule has 0 saturated carbocycles. The molecule has 1 aromatic carbocycles. The van der Waals surface area contributed by atoms with Crippen molar-refractivity contribution < 1.29 is 9.59 Å². The molecule has 0 aromatic heterocycles. The van der Waals surface area contributed by atoms with Gasteiger partial charge in [0.1, 0.15) is 18.5 Å². The van der Waals surface area contributed by atoms with Gasteiger partial charge in [0, 0.05) is 30.8 Å². The number of imide groups is 1. The van der Waals surface area contributed by atoms with Crippen molar-refractivity contribution in [2.24, 2.45) is 0 Å². The summed E-state index contributed by atoms with van der Waals surface area (Å²) in [5.74, 6) is -0.234. The number of amides is 3. The number of halogens is 1. The van der Waals surface area contributed by atoms with E-state index in [4.69, 9.17) is 11.6 Å². The van der Waals surface area contributed by atoms with Crippen molar-refractivity contribution in [2.45, 2.75) is 31.8 Å². The van der Waals surface area contributed by atoms with Gasteiger partial charge in [-0.2, -0.15) is 0 Å². The zero-order chi connectivity index (χ0) is 17.0. The average Bonchev–Trinajstić information content (AvgIpc) is 2.95. The Bertz CT molecular complexity index is 712. The number of carbonyl (C=O) groups is 2. The second-order valence-corrected chi connectivity index (χ2v) is 6.96. The first-order valence-corrected chi connectivity index (χ1v) is 8.47. The molecule has 7 nitrogen and oxygen atoms in total. The maximum Gasteiger partial charge on any atom is 0.325 e. The van der Waals surface area contributed by atoms with Gasteiger partial charge in [0.25, 0.3) is 0 Å². The Morgan fingerprint density at radius 2 is 2.04 bits per heavy atom. The number of aryl methyl sites for hydroxylation is 1. The Hall–Kier alpha value is -1.83. The number of anilines is 1. The number of fused-ring (bicyclic) bond motifs is 3. The number of carbonyl (C=O) groups excluding carboxylic acids is 2. The van der Waals surface area contributed by atoms with Gasteiger partial charge in [-0.15, -0.1) is 0 Å². The summed E-state index contributed by atoms with van der Waals surface area (Å²) in [4.78, 5) is 30.1. The van der Waals surface area contributed by atoms with Crippen molar-refractivity contribution in [1.82, 2.24) is 20.4 Å². The van der Waals surface area contributed by atoms with Crippen molar-refractivity contribution in [3.8, 4) is 0 Å². The standard InChI is InChI=1S/C16H20ClN5O2/c1-9-4-5-10(8-11(9)17)21-6-3-7-22-12-13(18-15(21)22)20(2)16(24)19-14(12)23/h4-5,8,12-13,15,18H,3,6-7H2,1-2H3,(H,19,23,24). The van der Waals surface area contributed by atoms with Gasteiger partial charge < -0.3 is 9.80 Å². The molecule has 3 saturated heterocycles. The van der Waals surface area contributed by atoms with Gasteiger partial charge >= 0.3 is 6.03 Å². The van der Waals surface area contributed by atoms with Crippen LogP contribution in [0, 0.1) is 6.92 Å². The lowest BCUT2D eigenvalue weighted by molar-refractivity contribution is -0.128. The van der Waals surface area contributed by atoms with Crippen molar-refractivity contribution in [1.29, 1.82) is 0 Å². The number of likely N-dealkylation sites (N-methyl/N-ethyl adjacent to an activating group) is 1. The molecule has 0 bridgehead atoms. The molecule has 3 heterocycles. The summed E-state index contributed by atoms with van der Waals surface area (Å²) < 4.78 is 0. The Labute approximate surface area is 145 Å². The van der Waals surface area contributed by atoms with Crippen LogP contribution in [-0.2, 0) is 4.79 Å². The van der Waals surface area contributed by atoms with E-state index in [-0.39, 0.29) is 30.4 Å². The molecule has 24 heavy (non-hydrogen) atoms. The number of benzene rings is 1. The highest BCUT2D eigenvalue weighted by Crippen LogP contribution is 2.32. The van der Waals surface area contributed by atoms with Crippen LogP contribution in [0.2, 0.25) is 5.02 Å². The number of nitrogens with zero attached hydrogens (tertiary/aromatic N) is 3. The molecule has 0 spiro atoms. The van der Waals surface area contributed by atoms with E-state index in [1.165, 1.54) is 0 Å². The number of rotatable bonds is 1. The smallest absolute Gasteiger partial charge is 0.325 e.